The van der Waals surface area contributed by atoms with E-state index in [0.29, 0.717) is 5.56 Å². The largest absolute Gasteiger partial charge is 0.476 e. The van der Waals surface area contributed by atoms with Crippen molar-refractivity contribution in [3.05, 3.63) is 46.5 Å². The Bertz CT molecular complexity index is 691. The van der Waals surface area contributed by atoms with Gasteiger partial charge in [0.15, 0.2) is 5.69 Å². The summed E-state index contributed by atoms with van der Waals surface area (Å²) in [5, 5.41) is 13.5. The molecule has 1 aliphatic carbocycles. The van der Waals surface area contributed by atoms with Crippen LogP contribution in [0.2, 0.25) is 0 Å². The number of rotatable bonds is 2. The number of carbonyl (C=O) groups is 1. The second kappa shape index (κ2) is 4.74. The van der Waals surface area contributed by atoms with E-state index in [1.54, 1.807) is 23.7 Å². The Morgan fingerprint density at radius 3 is 2.80 bits per heavy atom. The number of carboxylic acids is 1. The van der Waals surface area contributed by atoms with Gasteiger partial charge in [-0.1, -0.05) is 0 Å². The average Bonchev–Trinajstić information content (AvgIpc) is 2.82. The molecule has 20 heavy (non-hydrogen) atoms. The van der Waals surface area contributed by atoms with Crippen molar-refractivity contribution >= 4 is 5.97 Å². The van der Waals surface area contributed by atoms with Gasteiger partial charge in [0.1, 0.15) is 5.82 Å². The van der Waals surface area contributed by atoms with E-state index < -0.39 is 5.97 Å². The van der Waals surface area contributed by atoms with E-state index in [2.05, 4.69) is 5.10 Å². The SMILES string of the molecule is Cc1cc(-n2nc(C(=O)O)c3c2CCCC3)ccc1F. The van der Waals surface area contributed by atoms with Crippen molar-refractivity contribution in [3.63, 3.8) is 0 Å². The Hall–Kier alpha value is -2.17. The van der Waals surface area contributed by atoms with Crippen LogP contribution in [-0.4, -0.2) is 20.9 Å². The van der Waals surface area contributed by atoms with Crippen LogP contribution in [-0.2, 0) is 12.8 Å². The lowest BCUT2D eigenvalue weighted by atomic mass is 9.95. The molecule has 0 aliphatic heterocycles. The standard InChI is InChI=1S/C15H15FN2O2/c1-9-8-10(6-7-12(9)16)18-13-5-3-2-4-11(13)14(17-18)15(19)20/h6-8H,2-5H2,1H3,(H,19,20). The summed E-state index contributed by atoms with van der Waals surface area (Å²) in [7, 11) is 0. The van der Waals surface area contributed by atoms with Gasteiger partial charge in [0.25, 0.3) is 0 Å². The monoisotopic (exact) mass is 274 g/mol. The molecule has 5 heteroatoms. The normalized spacial score (nSPS) is 14.1. The molecular formula is C15H15FN2O2. The zero-order chi connectivity index (χ0) is 14.3. The lowest BCUT2D eigenvalue weighted by Gasteiger charge is -2.14. The van der Waals surface area contributed by atoms with Crippen molar-refractivity contribution in [2.75, 3.05) is 0 Å². The number of nitrogens with zero attached hydrogens (tertiary/aromatic N) is 2. The van der Waals surface area contributed by atoms with Crippen molar-refractivity contribution in [2.24, 2.45) is 0 Å². The summed E-state index contributed by atoms with van der Waals surface area (Å²) >= 11 is 0. The summed E-state index contributed by atoms with van der Waals surface area (Å²) in [6.45, 7) is 1.69. The number of hydrogen-bond donors (Lipinski definition) is 1. The zero-order valence-electron chi connectivity index (χ0n) is 11.2. The molecule has 0 fully saturated rings. The number of hydrogen-bond acceptors (Lipinski definition) is 2. The van der Waals surface area contributed by atoms with Crippen LogP contribution in [0.5, 0.6) is 0 Å². The number of carboxylic acid groups (broad SMARTS) is 1. The molecule has 0 spiro atoms. The first-order valence-electron chi connectivity index (χ1n) is 6.68. The molecule has 1 aromatic carbocycles. The van der Waals surface area contributed by atoms with E-state index in [1.165, 1.54) is 6.07 Å². The molecule has 0 saturated heterocycles. The van der Waals surface area contributed by atoms with Gasteiger partial charge in [0.2, 0.25) is 0 Å². The Kier molecular flexibility index (Phi) is 3.04. The third-order valence-corrected chi connectivity index (χ3v) is 3.77. The molecule has 0 amide bonds. The first-order valence-corrected chi connectivity index (χ1v) is 6.68. The fourth-order valence-corrected chi connectivity index (χ4v) is 2.74. The zero-order valence-corrected chi connectivity index (χ0v) is 11.2. The van der Waals surface area contributed by atoms with Gasteiger partial charge in [-0.25, -0.2) is 13.9 Å². The van der Waals surface area contributed by atoms with Crippen molar-refractivity contribution < 1.29 is 14.3 Å². The minimum atomic E-state index is -0.999. The molecule has 3 rings (SSSR count). The van der Waals surface area contributed by atoms with Gasteiger partial charge < -0.3 is 5.11 Å². The molecular weight excluding hydrogens is 259 g/mol. The fourth-order valence-electron chi connectivity index (χ4n) is 2.74. The highest BCUT2D eigenvalue weighted by Crippen LogP contribution is 2.27. The first kappa shape index (κ1) is 12.8. The smallest absolute Gasteiger partial charge is 0.356 e. The van der Waals surface area contributed by atoms with Gasteiger partial charge >= 0.3 is 5.97 Å². The summed E-state index contributed by atoms with van der Waals surface area (Å²) < 4.78 is 15.0. The maximum absolute atomic E-state index is 13.4. The van der Waals surface area contributed by atoms with E-state index in [9.17, 15) is 14.3 Å². The first-order chi connectivity index (χ1) is 9.58. The maximum Gasteiger partial charge on any atom is 0.356 e. The molecule has 0 unspecified atom stereocenters. The molecule has 0 saturated carbocycles. The highest BCUT2D eigenvalue weighted by molar-refractivity contribution is 5.87. The predicted octanol–water partition coefficient (Wildman–Crippen LogP) is 2.90. The van der Waals surface area contributed by atoms with E-state index in [1.807, 2.05) is 0 Å². The summed E-state index contributed by atoms with van der Waals surface area (Å²) in [5.41, 5.74) is 3.14. The topological polar surface area (TPSA) is 55.1 Å². The van der Waals surface area contributed by atoms with E-state index >= 15 is 0 Å². The summed E-state index contributed by atoms with van der Waals surface area (Å²) in [5.74, 6) is -1.27. The van der Waals surface area contributed by atoms with Crippen molar-refractivity contribution in [2.45, 2.75) is 32.6 Å². The minimum absolute atomic E-state index is 0.127. The molecule has 1 N–H and O–H groups in total. The van der Waals surface area contributed by atoms with Gasteiger partial charge in [-0.15, -0.1) is 0 Å². The van der Waals surface area contributed by atoms with Crippen LogP contribution < -0.4 is 0 Å². The number of fused-ring (bicyclic) bond motifs is 1. The lowest BCUT2D eigenvalue weighted by Crippen LogP contribution is -2.08. The maximum atomic E-state index is 13.4. The summed E-state index contributed by atoms with van der Waals surface area (Å²) in [6.07, 6.45) is 3.57. The molecule has 104 valence electrons. The van der Waals surface area contributed by atoms with Crippen LogP contribution in [0.25, 0.3) is 5.69 Å². The van der Waals surface area contributed by atoms with Gasteiger partial charge in [0.05, 0.1) is 5.69 Å². The highest BCUT2D eigenvalue weighted by atomic mass is 19.1. The molecule has 1 aliphatic rings. The Morgan fingerprint density at radius 1 is 1.35 bits per heavy atom. The van der Waals surface area contributed by atoms with E-state index in [-0.39, 0.29) is 11.5 Å². The lowest BCUT2D eigenvalue weighted by molar-refractivity contribution is 0.0688. The van der Waals surface area contributed by atoms with Gasteiger partial charge in [-0.2, -0.15) is 5.10 Å². The number of halogens is 1. The molecule has 0 atom stereocenters. The Labute approximate surface area is 115 Å². The van der Waals surface area contributed by atoms with Crippen LogP contribution in [0.3, 0.4) is 0 Å². The number of aryl methyl sites for hydroxylation is 1. The van der Waals surface area contributed by atoms with Crippen molar-refractivity contribution in [1.82, 2.24) is 9.78 Å². The van der Waals surface area contributed by atoms with Crippen LogP contribution in [0.1, 0.15) is 40.2 Å². The third kappa shape index (κ3) is 1.99. The molecule has 0 bridgehead atoms. The van der Waals surface area contributed by atoms with Crippen LogP contribution in [0.15, 0.2) is 18.2 Å². The van der Waals surface area contributed by atoms with Crippen LogP contribution in [0, 0.1) is 12.7 Å². The second-order valence-corrected chi connectivity index (χ2v) is 5.13. The predicted molar refractivity (Wildman–Crippen MR) is 71.9 cm³/mol. The fraction of sp³-hybridized carbons (Fsp3) is 0.333. The van der Waals surface area contributed by atoms with Crippen LogP contribution in [0.4, 0.5) is 4.39 Å². The highest BCUT2D eigenvalue weighted by Gasteiger charge is 2.25. The molecule has 1 aromatic heterocycles. The number of aromatic carboxylic acids is 1. The van der Waals surface area contributed by atoms with Crippen molar-refractivity contribution in [1.29, 1.82) is 0 Å². The van der Waals surface area contributed by atoms with E-state index in [0.717, 1.165) is 42.6 Å². The summed E-state index contributed by atoms with van der Waals surface area (Å²) in [6, 6.07) is 4.72. The Balaban J connectivity index is 2.18. The quantitative estimate of drug-likeness (QED) is 0.916. The van der Waals surface area contributed by atoms with E-state index in [4.69, 9.17) is 0 Å². The molecule has 4 nitrogen and oxygen atoms in total. The average molecular weight is 274 g/mol. The second-order valence-electron chi connectivity index (χ2n) is 5.13. The summed E-state index contributed by atoms with van der Waals surface area (Å²) in [4.78, 5) is 11.3. The van der Waals surface area contributed by atoms with Gasteiger partial charge in [-0.3, -0.25) is 0 Å². The number of aromatic nitrogens is 2. The molecule has 0 radical (unpaired) electrons. The van der Waals surface area contributed by atoms with Crippen molar-refractivity contribution in [3.8, 4) is 5.69 Å². The third-order valence-electron chi connectivity index (χ3n) is 3.77. The Morgan fingerprint density at radius 2 is 2.10 bits per heavy atom. The minimum Gasteiger partial charge on any atom is -0.476 e. The van der Waals surface area contributed by atoms with Crippen LogP contribution >= 0.6 is 0 Å². The molecule has 1 heterocycles. The number of benzene rings is 1. The molecule has 2 aromatic rings. The van der Waals surface area contributed by atoms with Gasteiger partial charge in [-0.05, 0) is 56.4 Å². The van der Waals surface area contributed by atoms with Gasteiger partial charge in [0, 0.05) is 11.3 Å².